The minimum absolute atomic E-state index is 0.223. The fourth-order valence-electron chi connectivity index (χ4n) is 3.53. The summed E-state index contributed by atoms with van der Waals surface area (Å²) in [6, 6.07) is 20.4. The molecule has 1 aliphatic carbocycles. The van der Waals surface area contributed by atoms with Gasteiger partial charge in [0, 0.05) is 11.1 Å². The number of hydrogen-bond acceptors (Lipinski definition) is 1. The van der Waals surface area contributed by atoms with Crippen molar-refractivity contribution in [1.82, 2.24) is 0 Å². The van der Waals surface area contributed by atoms with E-state index in [-0.39, 0.29) is 5.78 Å². The first-order chi connectivity index (χ1) is 12.3. The zero-order valence-electron chi connectivity index (χ0n) is 14.9. The van der Waals surface area contributed by atoms with Crippen molar-refractivity contribution in [3.05, 3.63) is 82.9 Å². The first-order valence-electron chi connectivity index (χ1n) is 9.32. The Bertz CT molecular complexity index is 692. The molecule has 0 heterocycles. The zero-order chi connectivity index (χ0) is 17.5. The van der Waals surface area contributed by atoms with Crippen LogP contribution in [-0.2, 0) is 4.79 Å². The Morgan fingerprint density at radius 1 is 0.840 bits per heavy atom. The van der Waals surface area contributed by atoms with Gasteiger partial charge in [0.05, 0.1) is 0 Å². The molecule has 1 aliphatic rings. The second-order valence-electron chi connectivity index (χ2n) is 6.91. The number of carbonyl (C=O) groups is 1. The number of benzene rings is 2. The molecule has 128 valence electrons. The Hall–Kier alpha value is -2.41. The summed E-state index contributed by atoms with van der Waals surface area (Å²) >= 11 is 0. The van der Waals surface area contributed by atoms with E-state index in [1.165, 1.54) is 19.3 Å². The van der Waals surface area contributed by atoms with Gasteiger partial charge in [0.25, 0.3) is 0 Å². The number of rotatable bonds is 5. The molecule has 25 heavy (non-hydrogen) atoms. The number of allylic oxidation sites excluding steroid dienone is 2. The van der Waals surface area contributed by atoms with Crippen LogP contribution in [0.25, 0.3) is 12.2 Å². The van der Waals surface area contributed by atoms with Crippen LogP contribution in [0, 0.1) is 5.92 Å². The summed E-state index contributed by atoms with van der Waals surface area (Å²) in [4.78, 5) is 13.0. The Morgan fingerprint density at radius 3 is 1.76 bits per heavy atom. The van der Waals surface area contributed by atoms with E-state index in [0.717, 1.165) is 35.1 Å². The van der Waals surface area contributed by atoms with Crippen molar-refractivity contribution in [2.24, 2.45) is 5.92 Å². The molecule has 1 heteroatoms. The predicted molar refractivity (Wildman–Crippen MR) is 106 cm³/mol. The van der Waals surface area contributed by atoms with Crippen LogP contribution in [0.3, 0.4) is 0 Å². The minimum atomic E-state index is 0.223. The molecule has 2 aromatic rings. The van der Waals surface area contributed by atoms with Gasteiger partial charge in [0.1, 0.15) is 0 Å². The quantitative estimate of drug-likeness (QED) is 0.586. The lowest BCUT2D eigenvalue weighted by molar-refractivity contribution is -0.113. The van der Waals surface area contributed by atoms with Gasteiger partial charge in [-0.1, -0.05) is 80.4 Å². The summed E-state index contributed by atoms with van der Waals surface area (Å²) in [6.45, 7) is 2.23. The van der Waals surface area contributed by atoms with Gasteiger partial charge < -0.3 is 0 Å². The van der Waals surface area contributed by atoms with E-state index in [4.69, 9.17) is 0 Å². The molecule has 0 saturated heterocycles. The molecule has 1 saturated carbocycles. The molecule has 0 aliphatic heterocycles. The molecular weight excluding hydrogens is 304 g/mol. The van der Waals surface area contributed by atoms with Gasteiger partial charge in [-0.3, -0.25) is 4.79 Å². The summed E-state index contributed by atoms with van der Waals surface area (Å²) in [6.07, 6.45) is 9.61. The van der Waals surface area contributed by atoms with Crippen molar-refractivity contribution in [2.45, 2.75) is 39.0 Å². The van der Waals surface area contributed by atoms with Gasteiger partial charge >= 0.3 is 0 Å². The summed E-state index contributed by atoms with van der Waals surface area (Å²) in [5.41, 5.74) is 4.14. The second kappa shape index (κ2) is 8.62. The van der Waals surface area contributed by atoms with E-state index in [0.29, 0.717) is 5.92 Å². The van der Waals surface area contributed by atoms with E-state index in [9.17, 15) is 4.79 Å². The average molecular weight is 330 g/mol. The molecule has 0 atom stereocenters. The van der Waals surface area contributed by atoms with E-state index in [1.807, 2.05) is 36.4 Å². The van der Waals surface area contributed by atoms with Crippen LogP contribution in [0.2, 0.25) is 0 Å². The van der Waals surface area contributed by atoms with Gasteiger partial charge in [-0.25, -0.2) is 0 Å². The molecular formula is C24H26O. The standard InChI is InChI=1S/C24H26O/c1-2-3-10-21-17-22(15-19-11-6-4-7-12-19)24(25)23(18-21)16-20-13-8-5-9-14-20/h4-9,11-16,21H,2-3,10,17-18H2,1H3. The maximum absolute atomic E-state index is 13.0. The van der Waals surface area contributed by atoms with Crippen molar-refractivity contribution >= 4 is 17.9 Å². The summed E-state index contributed by atoms with van der Waals surface area (Å²) < 4.78 is 0. The molecule has 0 amide bonds. The predicted octanol–water partition coefficient (Wildman–Crippen LogP) is 6.32. The van der Waals surface area contributed by atoms with Crippen LogP contribution in [0.5, 0.6) is 0 Å². The fraction of sp³-hybridized carbons (Fsp3) is 0.292. The average Bonchev–Trinajstić information content (AvgIpc) is 2.65. The van der Waals surface area contributed by atoms with Crippen LogP contribution in [-0.4, -0.2) is 5.78 Å². The van der Waals surface area contributed by atoms with E-state index >= 15 is 0 Å². The van der Waals surface area contributed by atoms with Crippen LogP contribution in [0.1, 0.15) is 50.2 Å². The van der Waals surface area contributed by atoms with Gasteiger partial charge in [-0.15, -0.1) is 0 Å². The normalized spacial score (nSPS) is 21.0. The smallest absolute Gasteiger partial charge is 0.185 e. The monoisotopic (exact) mass is 330 g/mol. The van der Waals surface area contributed by atoms with Crippen molar-refractivity contribution in [3.8, 4) is 0 Å². The highest BCUT2D eigenvalue weighted by Gasteiger charge is 2.27. The topological polar surface area (TPSA) is 17.1 Å². The third kappa shape index (κ3) is 4.79. The molecule has 0 radical (unpaired) electrons. The minimum Gasteiger partial charge on any atom is -0.289 e. The maximum atomic E-state index is 13.0. The lowest BCUT2D eigenvalue weighted by Gasteiger charge is -2.26. The van der Waals surface area contributed by atoms with E-state index < -0.39 is 0 Å². The maximum Gasteiger partial charge on any atom is 0.185 e. The van der Waals surface area contributed by atoms with Crippen LogP contribution >= 0.6 is 0 Å². The van der Waals surface area contributed by atoms with E-state index in [2.05, 4.69) is 43.3 Å². The lowest BCUT2D eigenvalue weighted by atomic mass is 9.78. The molecule has 0 N–H and O–H groups in total. The Labute approximate surface area is 151 Å². The van der Waals surface area contributed by atoms with Gasteiger partial charge in [-0.05, 0) is 48.5 Å². The van der Waals surface area contributed by atoms with Crippen molar-refractivity contribution in [1.29, 1.82) is 0 Å². The number of carbonyl (C=O) groups excluding carboxylic acids is 1. The summed E-state index contributed by atoms with van der Waals surface area (Å²) in [5, 5.41) is 0. The Balaban J connectivity index is 1.91. The number of Topliss-reactive ketones (excluding diaryl/α,β-unsaturated/α-hetero) is 1. The van der Waals surface area contributed by atoms with Crippen LogP contribution < -0.4 is 0 Å². The highest BCUT2D eigenvalue weighted by Crippen LogP contribution is 2.35. The number of ketones is 1. The first-order valence-corrected chi connectivity index (χ1v) is 9.32. The molecule has 0 bridgehead atoms. The number of unbranched alkanes of at least 4 members (excludes halogenated alkanes) is 1. The highest BCUT2D eigenvalue weighted by atomic mass is 16.1. The third-order valence-electron chi connectivity index (χ3n) is 4.85. The first kappa shape index (κ1) is 17.4. The largest absolute Gasteiger partial charge is 0.289 e. The van der Waals surface area contributed by atoms with Crippen LogP contribution in [0.15, 0.2) is 71.8 Å². The molecule has 0 aromatic heterocycles. The lowest BCUT2D eigenvalue weighted by Crippen LogP contribution is -2.20. The fourth-order valence-corrected chi connectivity index (χ4v) is 3.53. The second-order valence-corrected chi connectivity index (χ2v) is 6.91. The number of hydrogen-bond donors (Lipinski definition) is 0. The molecule has 2 aromatic carbocycles. The van der Waals surface area contributed by atoms with Crippen LogP contribution in [0.4, 0.5) is 0 Å². The summed E-state index contributed by atoms with van der Waals surface area (Å²) in [5.74, 6) is 0.794. The van der Waals surface area contributed by atoms with Gasteiger partial charge in [-0.2, -0.15) is 0 Å². The van der Waals surface area contributed by atoms with Crippen molar-refractivity contribution in [2.75, 3.05) is 0 Å². The van der Waals surface area contributed by atoms with Gasteiger partial charge in [0.15, 0.2) is 5.78 Å². The zero-order valence-corrected chi connectivity index (χ0v) is 14.9. The Morgan fingerprint density at radius 2 is 1.32 bits per heavy atom. The molecule has 0 unspecified atom stereocenters. The molecule has 1 nitrogen and oxygen atoms in total. The molecule has 0 spiro atoms. The Kier molecular flexibility index (Phi) is 6.00. The highest BCUT2D eigenvalue weighted by molar-refractivity contribution is 6.14. The van der Waals surface area contributed by atoms with Crippen molar-refractivity contribution in [3.63, 3.8) is 0 Å². The third-order valence-corrected chi connectivity index (χ3v) is 4.85. The molecule has 1 fully saturated rings. The van der Waals surface area contributed by atoms with Crippen molar-refractivity contribution < 1.29 is 4.79 Å². The molecule has 3 rings (SSSR count). The summed E-state index contributed by atoms with van der Waals surface area (Å²) in [7, 11) is 0. The SMILES string of the molecule is CCCCC1CC(=Cc2ccccc2)C(=O)C(=Cc2ccccc2)C1. The van der Waals surface area contributed by atoms with E-state index in [1.54, 1.807) is 0 Å². The van der Waals surface area contributed by atoms with Gasteiger partial charge in [0.2, 0.25) is 0 Å².